The average Bonchev–Trinajstić information content (AvgIpc) is 3.19. The van der Waals surface area contributed by atoms with Crippen molar-refractivity contribution in [2.45, 2.75) is 44.6 Å². The normalized spacial score (nSPS) is 21.0. The van der Waals surface area contributed by atoms with Crippen LogP contribution < -0.4 is 5.32 Å². The Hall–Kier alpha value is -1.06. The summed E-state index contributed by atoms with van der Waals surface area (Å²) in [5, 5.41) is 4.19. The first-order valence-electron chi connectivity index (χ1n) is 8.46. The number of halogens is 1. The highest BCUT2D eigenvalue weighted by atomic mass is 35.5. The van der Waals surface area contributed by atoms with Crippen molar-refractivity contribution in [3.63, 3.8) is 0 Å². The van der Waals surface area contributed by atoms with Gasteiger partial charge >= 0.3 is 0 Å². The van der Waals surface area contributed by atoms with Gasteiger partial charge in [0.15, 0.2) is 0 Å². The minimum atomic E-state index is 0.320. The minimum absolute atomic E-state index is 0.320. The second kappa shape index (κ2) is 7.47. The Morgan fingerprint density at radius 3 is 2.64 bits per heavy atom. The molecule has 1 heterocycles. The molecule has 1 aliphatic heterocycles. The first kappa shape index (κ1) is 15.8. The largest absolute Gasteiger partial charge is 0.342 e. The van der Waals surface area contributed by atoms with E-state index in [9.17, 15) is 4.79 Å². The summed E-state index contributed by atoms with van der Waals surface area (Å²) in [6, 6.07) is 8.35. The molecular formula is C18H25ClN2O. The van der Waals surface area contributed by atoms with Crippen LogP contribution in [0.5, 0.6) is 0 Å². The summed E-state index contributed by atoms with van der Waals surface area (Å²) in [4.78, 5) is 14.7. The van der Waals surface area contributed by atoms with Crippen LogP contribution in [0.25, 0.3) is 0 Å². The monoisotopic (exact) mass is 320 g/mol. The molecule has 1 amide bonds. The molecule has 1 N–H and O–H groups in total. The van der Waals surface area contributed by atoms with E-state index in [2.05, 4.69) is 22.3 Å². The number of amides is 1. The molecule has 0 bridgehead atoms. The summed E-state index contributed by atoms with van der Waals surface area (Å²) < 4.78 is 0. The third-order valence-corrected chi connectivity index (χ3v) is 4.95. The van der Waals surface area contributed by atoms with E-state index in [1.54, 1.807) is 0 Å². The van der Waals surface area contributed by atoms with Crippen molar-refractivity contribution in [3.8, 4) is 0 Å². The van der Waals surface area contributed by atoms with Gasteiger partial charge in [-0.05, 0) is 62.3 Å². The summed E-state index contributed by atoms with van der Waals surface area (Å²) in [6.45, 7) is 2.83. The maximum Gasteiger partial charge on any atom is 0.224 e. The predicted octanol–water partition coefficient (Wildman–Crippen LogP) is 3.26. The summed E-state index contributed by atoms with van der Waals surface area (Å²) >= 11 is 5.93. The highest BCUT2D eigenvalue weighted by molar-refractivity contribution is 6.30. The molecule has 1 atom stereocenters. The van der Waals surface area contributed by atoms with Crippen molar-refractivity contribution >= 4 is 17.5 Å². The second-order valence-corrected chi connectivity index (χ2v) is 7.09. The predicted molar refractivity (Wildman–Crippen MR) is 90.1 cm³/mol. The lowest BCUT2D eigenvalue weighted by Gasteiger charge is -2.24. The number of carbonyl (C=O) groups excluding carboxylic acids is 1. The third-order valence-electron chi connectivity index (χ3n) is 4.70. The molecule has 1 saturated heterocycles. The van der Waals surface area contributed by atoms with Gasteiger partial charge in [0, 0.05) is 30.6 Å². The fourth-order valence-corrected chi connectivity index (χ4v) is 3.24. The van der Waals surface area contributed by atoms with Gasteiger partial charge in [-0.3, -0.25) is 4.79 Å². The van der Waals surface area contributed by atoms with Crippen molar-refractivity contribution in [2.75, 3.05) is 19.6 Å². The van der Waals surface area contributed by atoms with E-state index in [0.717, 1.165) is 43.4 Å². The van der Waals surface area contributed by atoms with E-state index in [-0.39, 0.29) is 0 Å². The molecule has 22 heavy (non-hydrogen) atoms. The number of hydrogen-bond donors (Lipinski definition) is 1. The summed E-state index contributed by atoms with van der Waals surface area (Å²) in [5.41, 5.74) is 1.25. The first-order chi connectivity index (χ1) is 10.7. The number of hydrogen-bond acceptors (Lipinski definition) is 2. The Balaban J connectivity index is 1.53. The lowest BCUT2D eigenvalue weighted by Crippen LogP contribution is -2.38. The van der Waals surface area contributed by atoms with Crippen LogP contribution in [0.3, 0.4) is 0 Å². The highest BCUT2D eigenvalue weighted by Crippen LogP contribution is 2.30. The minimum Gasteiger partial charge on any atom is -0.342 e. The first-order valence-corrected chi connectivity index (χ1v) is 8.84. The molecule has 2 fully saturated rings. The van der Waals surface area contributed by atoms with Crippen LogP contribution in [0.1, 0.15) is 37.7 Å². The highest BCUT2D eigenvalue weighted by Gasteiger charge is 2.28. The molecule has 1 unspecified atom stereocenters. The standard InChI is InChI=1S/C18H25ClN2O/c19-16-7-5-14(6-8-16)9-11-21(13-15-3-4-15)18(22)12-17-2-1-10-20-17/h5-8,15,17,20H,1-4,9-13H2. The van der Waals surface area contributed by atoms with Gasteiger partial charge in [0.25, 0.3) is 0 Å². The van der Waals surface area contributed by atoms with Crippen molar-refractivity contribution in [2.24, 2.45) is 5.92 Å². The molecule has 120 valence electrons. The van der Waals surface area contributed by atoms with E-state index in [0.29, 0.717) is 18.4 Å². The molecule has 0 aromatic heterocycles. The van der Waals surface area contributed by atoms with E-state index >= 15 is 0 Å². The van der Waals surface area contributed by atoms with E-state index in [1.807, 2.05) is 12.1 Å². The van der Waals surface area contributed by atoms with E-state index in [1.165, 1.54) is 24.8 Å². The number of nitrogens with one attached hydrogen (secondary N) is 1. The van der Waals surface area contributed by atoms with Crippen LogP contribution in [0, 0.1) is 5.92 Å². The Morgan fingerprint density at radius 1 is 1.23 bits per heavy atom. The Kier molecular flexibility index (Phi) is 5.37. The Labute approximate surface area is 138 Å². The summed E-state index contributed by atoms with van der Waals surface area (Å²) in [5.74, 6) is 1.06. The molecule has 1 aliphatic carbocycles. The topological polar surface area (TPSA) is 32.3 Å². The zero-order valence-electron chi connectivity index (χ0n) is 13.1. The van der Waals surface area contributed by atoms with Gasteiger partial charge in [0.05, 0.1) is 0 Å². The van der Waals surface area contributed by atoms with Gasteiger partial charge < -0.3 is 10.2 Å². The number of rotatable bonds is 7. The fourth-order valence-electron chi connectivity index (χ4n) is 3.12. The molecule has 2 aliphatic rings. The lowest BCUT2D eigenvalue weighted by atomic mass is 10.1. The number of nitrogens with zero attached hydrogens (tertiary/aromatic N) is 1. The molecule has 3 rings (SSSR count). The van der Waals surface area contributed by atoms with Crippen LogP contribution in [0.2, 0.25) is 5.02 Å². The van der Waals surface area contributed by atoms with Gasteiger partial charge in [-0.2, -0.15) is 0 Å². The molecule has 0 radical (unpaired) electrons. The number of carbonyl (C=O) groups is 1. The van der Waals surface area contributed by atoms with Gasteiger partial charge in [-0.25, -0.2) is 0 Å². The van der Waals surface area contributed by atoms with Crippen molar-refractivity contribution < 1.29 is 4.79 Å². The molecular weight excluding hydrogens is 296 g/mol. The van der Waals surface area contributed by atoms with Gasteiger partial charge in [-0.15, -0.1) is 0 Å². The van der Waals surface area contributed by atoms with Crippen LogP contribution >= 0.6 is 11.6 Å². The number of benzene rings is 1. The van der Waals surface area contributed by atoms with E-state index < -0.39 is 0 Å². The van der Waals surface area contributed by atoms with Crippen LogP contribution in [-0.4, -0.2) is 36.5 Å². The molecule has 1 saturated carbocycles. The van der Waals surface area contributed by atoms with Gasteiger partial charge in [0.2, 0.25) is 5.91 Å². The van der Waals surface area contributed by atoms with Crippen molar-refractivity contribution in [3.05, 3.63) is 34.9 Å². The average molecular weight is 321 g/mol. The quantitative estimate of drug-likeness (QED) is 0.836. The Bertz CT molecular complexity index is 492. The van der Waals surface area contributed by atoms with Gasteiger partial charge in [-0.1, -0.05) is 23.7 Å². The molecule has 0 spiro atoms. The maximum absolute atomic E-state index is 12.6. The van der Waals surface area contributed by atoms with Crippen molar-refractivity contribution in [1.29, 1.82) is 0 Å². The molecule has 3 nitrogen and oxygen atoms in total. The Morgan fingerprint density at radius 2 is 2.00 bits per heavy atom. The van der Waals surface area contributed by atoms with Crippen LogP contribution in [-0.2, 0) is 11.2 Å². The zero-order chi connectivity index (χ0) is 15.4. The van der Waals surface area contributed by atoms with Crippen LogP contribution in [0.15, 0.2) is 24.3 Å². The fraction of sp³-hybridized carbons (Fsp3) is 0.611. The zero-order valence-corrected chi connectivity index (χ0v) is 13.8. The molecule has 4 heteroatoms. The summed E-state index contributed by atoms with van der Waals surface area (Å²) in [6.07, 6.45) is 6.48. The van der Waals surface area contributed by atoms with Gasteiger partial charge in [0.1, 0.15) is 0 Å². The maximum atomic E-state index is 12.6. The molecule has 1 aromatic carbocycles. The third kappa shape index (κ3) is 4.72. The smallest absolute Gasteiger partial charge is 0.224 e. The second-order valence-electron chi connectivity index (χ2n) is 6.66. The SMILES string of the molecule is O=C(CC1CCCN1)N(CCc1ccc(Cl)cc1)CC1CC1. The summed E-state index contributed by atoms with van der Waals surface area (Å²) in [7, 11) is 0. The van der Waals surface area contributed by atoms with Crippen molar-refractivity contribution in [1.82, 2.24) is 10.2 Å². The lowest BCUT2D eigenvalue weighted by molar-refractivity contribution is -0.131. The molecule has 1 aromatic rings. The van der Waals surface area contributed by atoms with Crippen LogP contribution in [0.4, 0.5) is 0 Å². The van der Waals surface area contributed by atoms with E-state index in [4.69, 9.17) is 11.6 Å².